The molecule has 0 unspecified atom stereocenters. The van der Waals surface area contributed by atoms with E-state index in [4.69, 9.17) is 11.8 Å². The van der Waals surface area contributed by atoms with Crippen LogP contribution in [-0.4, -0.2) is 4.57 Å². The Kier molecular flexibility index (Phi) is 3.09. The van der Waals surface area contributed by atoms with Gasteiger partial charge in [0.25, 0.3) is 5.70 Å². The SMILES string of the molecule is [C-]#[N+]/C(C#N)=C/c1ccc(-c2cccn2C)s1. The van der Waals surface area contributed by atoms with Crippen LogP contribution in [0, 0.1) is 17.9 Å². The van der Waals surface area contributed by atoms with Gasteiger partial charge in [-0.2, -0.15) is 0 Å². The zero-order valence-electron chi connectivity index (χ0n) is 9.21. The largest absolute Gasteiger partial charge is 0.350 e. The van der Waals surface area contributed by atoms with Crippen molar-refractivity contribution in [3.63, 3.8) is 0 Å². The molecular formula is C13H9N3S. The van der Waals surface area contributed by atoms with Crippen molar-refractivity contribution in [1.29, 1.82) is 5.26 Å². The summed E-state index contributed by atoms with van der Waals surface area (Å²) in [5, 5.41) is 8.69. The maximum atomic E-state index is 8.69. The third-order valence-corrected chi connectivity index (χ3v) is 3.39. The lowest BCUT2D eigenvalue weighted by molar-refractivity contribution is 0.940. The molecule has 0 N–H and O–H groups in total. The summed E-state index contributed by atoms with van der Waals surface area (Å²) >= 11 is 1.57. The minimum Gasteiger partial charge on any atom is -0.350 e. The summed E-state index contributed by atoms with van der Waals surface area (Å²) in [5.41, 5.74) is 1.25. The standard InChI is InChI=1S/C13H9N3S/c1-15-10(9-14)8-11-5-6-13(17-11)12-4-3-7-16(12)2/h3-8H,2H3/b10-8+. The molecule has 0 aliphatic carbocycles. The molecule has 0 saturated heterocycles. The van der Waals surface area contributed by atoms with Gasteiger partial charge in [0.2, 0.25) is 0 Å². The Morgan fingerprint density at radius 1 is 1.53 bits per heavy atom. The Hall–Kier alpha value is -2.30. The van der Waals surface area contributed by atoms with Crippen molar-refractivity contribution < 1.29 is 0 Å². The van der Waals surface area contributed by atoms with E-state index in [1.165, 1.54) is 0 Å². The van der Waals surface area contributed by atoms with Crippen molar-refractivity contribution in [2.24, 2.45) is 7.05 Å². The third-order valence-electron chi connectivity index (χ3n) is 2.34. The first-order valence-corrected chi connectivity index (χ1v) is 5.77. The van der Waals surface area contributed by atoms with E-state index in [9.17, 15) is 0 Å². The molecule has 2 rings (SSSR count). The Morgan fingerprint density at radius 3 is 2.94 bits per heavy atom. The van der Waals surface area contributed by atoms with E-state index in [2.05, 4.69) is 4.85 Å². The summed E-state index contributed by atoms with van der Waals surface area (Å²) in [6, 6.07) is 9.83. The average molecular weight is 239 g/mol. The molecule has 3 nitrogen and oxygen atoms in total. The summed E-state index contributed by atoms with van der Waals surface area (Å²) in [6.45, 7) is 6.82. The molecule has 0 radical (unpaired) electrons. The van der Waals surface area contributed by atoms with E-state index in [1.807, 2.05) is 48.1 Å². The van der Waals surface area contributed by atoms with Gasteiger partial charge >= 0.3 is 0 Å². The van der Waals surface area contributed by atoms with Gasteiger partial charge in [0.05, 0.1) is 23.2 Å². The second-order valence-electron chi connectivity index (χ2n) is 3.46. The van der Waals surface area contributed by atoms with Crippen molar-refractivity contribution in [2.75, 3.05) is 0 Å². The van der Waals surface area contributed by atoms with Crippen LogP contribution in [0.15, 0.2) is 36.2 Å². The maximum absolute atomic E-state index is 8.69. The molecule has 17 heavy (non-hydrogen) atoms. The molecule has 0 aliphatic heterocycles. The summed E-state index contributed by atoms with van der Waals surface area (Å²) in [6.07, 6.45) is 3.61. The van der Waals surface area contributed by atoms with Gasteiger partial charge in [0.1, 0.15) is 0 Å². The number of nitriles is 1. The van der Waals surface area contributed by atoms with Crippen LogP contribution in [0.3, 0.4) is 0 Å². The predicted molar refractivity (Wildman–Crippen MR) is 68.9 cm³/mol. The van der Waals surface area contributed by atoms with Crippen LogP contribution < -0.4 is 0 Å². The lowest BCUT2D eigenvalue weighted by atomic mass is 10.3. The number of nitrogens with zero attached hydrogens (tertiary/aromatic N) is 3. The molecule has 0 fully saturated rings. The van der Waals surface area contributed by atoms with Gasteiger partial charge in [-0.3, -0.25) is 0 Å². The summed E-state index contributed by atoms with van der Waals surface area (Å²) in [5.74, 6) is 0. The van der Waals surface area contributed by atoms with E-state index in [0.717, 1.165) is 15.4 Å². The third kappa shape index (κ3) is 2.28. The zero-order chi connectivity index (χ0) is 12.3. The van der Waals surface area contributed by atoms with Gasteiger partial charge in [-0.25, -0.2) is 10.1 Å². The summed E-state index contributed by atoms with van der Waals surface area (Å²) in [7, 11) is 1.99. The first-order chi connectivity index (χ1) is 8.24. The monoisotopic (exact) mass is 239 g/mol. The molecule has 2 aromatic rings. The van der Waals surface area contributed by atoms with Crippen molar-refractivity contribution >= 4 is 17.4 Å². The van der Waals surface area contributed by atoms with Crippen LogP contribution >= 0.6 is 11.3 Å². The molecule has 0 aliphatic rings. The molecule has 0 aromatic carbocycles. The minimum absolute atomic E-state index is 0.116. The molecule has 0 atom stereocenters. The van der Waals surface area contributed by atoms with Crippen molar-refractivity contribution in [2.45, 2.75) is 0 Å². The fourth-order valence-electron chi connectivity index (χ4n) is 1.51. The van der Waals surface area contributed by atoms with Gasteiger partial charge in [-0.05, 0) is 30.3 Å². The molecule has 0 spiro atoms. The fraction of sp³-hybridized carbons (Fsp3) is 0.0769. The van der Waals surface area contributed by atoms with Gasteiger partial charge in [0, 0.05) is 18.1 Å². The van der Waals surface area contributed by atoms with Crippen LogP contribution in [0.5, 0.6) is 0 Å². The first-order valence-electron chi connectivity index (χ1n) is 4.95. The smallest absolute Gasteiger partial charge is 0.263 e. The molecule has 0 saturated carbocycles. The van der Waals surface area contributed by atoms with Crippen LogP contribution in [0.25, 0.3) is 21.5 Å². The normalized spacial score (nSPS) is 10.9. The Bertz CT molecular complexity index is 631. The lowest BCUT2D eigenvalue weighted by Gasteiger charge is -1.98. The van der Waals surface area contributed by atoms with Crippen molar-refractivity contribution in [3.05, 3.63) is 52.5 Å². The number of hydrogen-bond acceptors (Lipinski definition) is 2. The van der Waals surface area contributed by atoms with Crippen LogP contribution in [-0.2, 0) is 7.05 Å². The van der Waals surface area contributed by atoms with Crippen molar-refractivity contribution in [3.8, 4) is 16.6 Å². The zero-order valence-corrected chi connectivity index (χ0v) is 10.0. The molecule has 0 bridgehead atoms. The van der Waals surface area contributed by atoms with E-state index >= 15 is 0 Å². The summed E-state index contributed by atoms with van der Waals surface area (Å²) in [4.78, 5) is 5.20. The molecule has 0 amide bonds. The second kappa shape index (κ2) is 4.69. The van der Waals surface area contributed by atoms with Gasteiger partial charge in [-0.15, -0.1) is 11.3 Å². The summed E-state index contributed by atoms with van der Waals surface area (Å²) < 4.78 is 2.04. The number of aryl methyl sites for hydroxylation is 1. The predicted octanol–water partition coefficient (Wildman–Crippen LogP) is 3.54. The number of thiophene rings is 1. The lowest BCUT2D eigenvalue weighted by Crippen LogP contribution is -1.85. The molecule has 4 heteroatoms. The van der Waals surface area contributed by atoms with Crippen LogP contribution in [0.1, 0.15) is 4.88 Å². The highest BCUT2D eigenvalue weighted by molar-refractivity contribution is 7.16. The molecule has 2 aromatic heterocycles. The molecular weight excluding hydrogens is 230 g/mol. The first kappa shape index (κ1) is 11.2. The van der Waals surface area contributed by atoms with Crippen LogP contribution in [0.4, 0.5) is 0 Å². The van der Waals surface area contributed by atoms with E-state index in [-0.39, 0.29) is 5.70 Å². The van der Waals surface area contributed by atoms with E-state index < -0.39 is 0 Å². The Balaban J connectivity index is 2.36. The highest BCUT2D eigenvalue weighted by Gasteiger charge is 2.04. The molecule has 2 heterocycles. The van der Waals surface area contributed by atoms with Crippen LogP contribution in [0.2, 0.25) is 0 Å². The number of hydrogen-bond donors (Lipinski definition) is 0. The van der Waals surface area contributed by atoms with E-state index in [0.29, 0.717) is 0 Å². The van der Waals surface area contributed by atoms with Gasteiger partial charge < -0.3 is 4.57 Å². The quantitative estimate of drug-likeness (QED) is 0.583. The topological polar surface area (TPSA) is 33.1 Å². The Labute approximate surface area is 104 Å². The number of aromatic nitrogens is 1. The number of allylic oxidation sites excluding steroid dienone is 1. The highest BCUT2D eigenvalue weighted by atomic mass is 32.1. The number of rotatable bonds is 2. The minimum atomic E-state index is 0.116. The van der Waals surface area contributed by atoms with Crippen molar-refractivity contribution in [1.82, 2.24) is 4.57 Å². The molecule has 82 valence electrons. The van der Waals surface area contributed by atoms with Gasteiger partial charge in [-0.1, -0.05) is 0 Å². The average Bonchev–Trinajstić information content (AvgIpc) is 2.94. The van der Waals surface area contributed by atoms with Gasteiger partial charge in [0.15, 0.2) is 0 Å². The Morgan fingerprint density at radius 2 is 2.35 bits per heavy atom. The maximum Gasteiger partial charge on any atom is 0.263 e. The fourth-order valence-corrected chi connectivity index (χ4v) is 2.52. The highest BCUT2D eigenvalue weighted by Crippen LogP contribution is 2.29. The van der Waals surface area contributed by atoms with E-state index in [1.54, 1.807) is 17.4 Å². The second-order valence-corrected chi connectivity index (χ2v) is 4.57.